The number of benzene rings is 2. The molecule has 0 radical (unpaired) electrons. The molecule has 0 saturated carbocycles. The van der Waals surface area contributed by atoms with Crippen molar-refractivity contribution in [2.75, 3.05) is 38.1 Å². The molecule has 2 heterocycles. The highest BCUT2D eigenvalue weighted by molar-refractivity contribution is 7.88. The average Bonchev–Trinajstić information content (AvgIpc) is 3.14. The average molecular weight is 414 g/mol. The lowest BCUT2D eigenvalue weighted by atomic mass is 9.92. The minimum Gasteiger partial charge on any atom is -0.309 e. The van der Waals surface area contributed by atoms with E-state index in [4.69, 9.17) is 0 Å². The third-order valence-electron chi connectivity index (χ3n) is 6.16. The van der Waals surface area contributed by atoms with Crippen LogP contribution in [0.15, 0.2) is 54.6 Å². The molecule has 0 N–H and O–H groups in total. The van der Waals surface area contributed by atoms with Gasteiger partial charge in [0.2, 0.25) is 15.9 Å². The van der Waals surface area contributed by atoms with Crippen molar-refractivity contribution < 1.29 is 13.2 Å². The molecule has 2 fully saturated rings. The Morgan fingerprint density at radius 2 is 1.69 bits per heavy atom. The minimum absolute atomic E-state index is 0.00834. The molecule has 1 atom stereocenters. The molecule has 2 aromatic rings. The number of carbonyl (C=O) groups is 1. The first-order valence-corrected chi connectivity index (χ1v) is 11.5. The van der Waals surface area contributed by atoms with Gasteiger partial charge in [0.1, 0.15) is 0 Å². The molecule has 29 heavy (non-hydrogen) atoms. The van der Waals surface area contributed by atoms with Crippen molar-refractivity contribution in [3.63, 3.8) is 0 Å². The van der Waals surface area contributed by atoms with Crippen molar-refractivity contribution in [1.29, 1.82) is 0 Å². The second-order valence-electron chi connectivity index (χ2n) is 8.22. The van der Waals surface area contributed by atoms with Crippen LogP contribution in [0.3, 0.4) is 0 Å². The number of piperazine rings is 1. The molecule has 0 bridgehead atoms. The molecule has 0 unspecified atom stereocenters. The van der Waals surface area contributed by atoms with E-state index in [1.807, 2.05) is 73.5 Å². The largest absolute Gasteiger partial charge is 0.309 e. The van der Waals surface area contributed by atoms with Gasteiger partial charge in [-0.05, 0) is 38.1 Å². The number of likely N-dealkylation sites (N-methyl/N-ethyl adjacent to an activating group) is 1. The van der Waals surface area contributed by atoms with E-state index >= 15 is 0 Å². The summed E-state index contributed by atoms with van der Waals surface area (Å²) in [5.74, 6) is 0.0549. The molecule has 0 aromatic heterocycles. The van der Waals surface area contributed by atoms with E-state index in [1.165, 1.54) is 0 Å². The monoisotopic (exact) mass is 413 g/mol. The van der Waals surface area contributed by atoms with E-state index < -0.39 is 10.0 Å². The quantitative estimate of drug-likeness (QED) is 0.771. The Morgan fingerprint density at radius 3 is 2.38 bits per heavy atom. The van der Waals surface area contributed by atoms with Crippen molar-refractivity contribution in [2.24, 2.45) is 0 Å². The number of rotatable bonds is 4. The zero-order valence-electron chi connectivity index (χ0n) is 16.9. The molecule has 4 rings (SSSR count). The van der Waals surface area contributed by atoms with Crippen LogP contribution in [0.1, 0.15) is 17.5 Å². The van der Waals surface area contributed by atoms with Crippen molar-refractivity contribution in [3.8, 4) is 0 Å². The molecule has 0 aliphatic carbocycles. The van der Waals surface area contributed by atoms with Crippen LogP contribution in [0.25, 0.3) is 0 Å². The molecule has 154 valence electrons. The first kappa shape index (κ1) is 20.1. The maximum absolute atomic E-state index is 13.1. The summed E-state index contributed by atoms with van der Waals surface area (Å²) in [4.78, 5) is 16.5. The number of hydrogen-bond acceptors (Lipinski definition) is 4. The van der Waals surface area contributed by atoms with Crippen LogP contribution in [0, 0.1) is 6.92 Å². The zero-order chi connectivity index (χ0) is 20.6. The first-order valence-electron chi connectivity index (χ1n) is 9.89. The summed E-state index contributed by atoms with van der Waals surface area (Å²) in [6.45, 7) is 3.68. The van der Waals surface area contributed by atoms with Gasteiger partial charge in [-0.25, -0.2) is 8.42 Å². The van der Waals surface area contributed by atoms with Crippen molar-refractivity contribution in [1.82, 2.24) is 9.21 Å². The zero-order valence-corrected chi connectivity index (χ0v) is 17.7. The topological polar surface area (TPSA) is 60.9 Å². The maximum atomic E-state index is 13.1. The fraction of sp³-hybridized carbons (Fsp3) is 0.409. The van der Waals surface area contributed by atoms with Crippen LogP contribution in [0.2, 0.25) is 0 Å². The van der Waals surface area contributed by atoms with E-state index in [0.29, 0.717) is 32.6 Å². The lowest BCUT2D eigenvalue weighted by Gasteiger charge is -2.46. The van der Waals surface area contributed by atoms with Crippen LogP contribution in [0.5, 0.6) is 0 Å². The molecular formula is C22H27N3O3S. The molecule has 7 heteroatoms. The standard InChI is InChI=1S/C22H27N3O3S/c1-18-8-10-19(11-9-18)15-29(27,28)24-13-12-22(16-24)17-25(21(26)14-23(22)2)20-6-4-3-5-7-20/h3-11H,12-17H2,1-2H3/t22-/m0/s1. The summed E-state index contributed by atoms with van der Waals surface area (Å²) >= 11 is 0. The summed E-state index contributed by atoms with van der Waals surface area (Å²) in [6, 6.07) is 17.2. The SMILES string of the molecule is Cc1ccc(CS(=O)(=O)N2CC[C@@]3(CN(c4ccccc4)C(=O)CN3C)C2)cc1. The lowest BCUT2D eigenvalue weighted by molar-refractivity contribution is -0.123. The summed E-state index contributed by atoms with van der Waals surface area (Å²) < 4.78 is 27.7. The highest BCUT2D eigenvalue weighted by atomic mass is 32.2. The van der Waals surface area contributed by atoms with Gasteiger partial charge in [0.05, 0.1) is 17.8 Å². The van der Waals surface area contributed by atoms with Gasteiger partial charge >= 0.3 is 0 Å². The highest BCUT2D eigenvalue weighted by Gasteiger charge is 2.50. The molecule has 2 saturated heterocycles. The van der Waals surface area contributed by atoms with E-state index in [2.05, 4.69) is 0 Å². The molecule has 2 aromatic carbocycles. The number of aryl methyl sites for hydroxylation is 1. The lowest BCUT2D eigenvalue weighted by Crippen LogP contribution is -2.64. The van der Waals surface area contributed by atoms with Crippen LogP contribution in [-0.2, 0) is 20.6 Å². The normalized spacial score (nSPS) is 23.8. The Labute approximate surface area is 172 Å². The van der Waals surface area contributed by atoms with Gasteiger partial charge in [-0.1, -0.05) is 48.0 Å². The minimum atomic E-state index is -3.42. The smallest absolute Gasteiger partial charge is 0.241 e. The summed E-state index contributed by atoms with van der Waals surface area (Å²) in [7, 11) is -1.49. The third kappa shape index (κ3) is 3.95. The van der Waals surface area contributed by atoms with Crippen LogP contribution in [-0.4, -0.2) is 62.3 Å². The summed E-state index contributed by atoms with van der Waals surface area (Å²) in [6.07, 6.45) is 0.716. The molecule has 2 aliphatic heterocycles. The predicted octanol–water partition coefficient (Wildman–Crippen LogP) is 2.25. The van der Waals surface area contributed by atoms with Gasteiger partial charge in [0, 0.05) is 25.3 Å². The summed E-state index contributed by atoms with van der Waals surface area (Å²) in [5, 5.41) is 0. The Morgan fingerprint density at radius 1 is 1.00 bits per heavy atom. The van der Waals surface area contributed by atoms with Gasteiger partial charge in [-0.2, -0.15) is 4.31 Å². The highest BCUT2D eigenvalue weighted by Crippen LogP contribution is 2.35. The van der Waals surface area contributed by atoms with Gasteiger partial charge < -0.3 is 4.90 Å². The number of sulfonamides is 1. The Balaban J connectivity index is 1.53. The number of para-hydroxylation sites is 1. The Bertz CT molecular complexity index is 992. The second kappa shape index (κ2) is 7.55. The first-order chi connectivity index (χ1) is 13.8. The van der Waals surface area contributed by atoms with Gasteiger partial charge in [-0.15, -0.1) is 0 Å². The number of carbonyl (C=O) groups excluding carboxylic acids is 1. The molecule has 1 amide bonds. The van der Waals surface area contributed by atoms with E-state index in [9.17, 15) is 13.2 Å². The fourth-order valence-electron chi connectivity index (χ4n) is 4.29. The van der Waals surface area contributed by atoms with Gasteiger partial charge in [-0.3, -0.25) is 9.69 Å². The third-order valence-corrected chi connectivity index (χ3v) is 7.96. The number of amides is 1. The maximum Gasteiger partial charge on any atom is 0.241 e. The van der Waals surface area contributed by atoms with Crippen LogP contribution >= 0.6 is 0 Å². The number of anilines is 1. The van der Waals surface area contributed by atoms with Crippen LogP contribution in [0.4, 0.5) is 5.69 Å². The van der Waals surface area contributed by atoms with Gasteiger partial charge in [0.15, 0.2) is 0 Å². The molecule has 6 nitrogen and oxygen atoms in total. The van der Waals surface area contributed by atoms with Crippen molar-refractivity contribution in [2.45, 2.75) is 24.6 Å². The van der Waals surface area contributed by atoms with E-state index in [-0.39, 0.29) is 17.2 Å². The molecule has 1 spiro atoms. The second-order valence-corrected chi connectivity index (χ2v) is 10.2. The Kier molecular flexibility index (Phi) is 5.23. The van der Waals surface area contributed by atoms with Crippen molar-refractivity contribution in [3.05, 3.63) is 65.7 Å². The van der Waals surface area contributed by atoms with Crippen molar-refractivity contribution >= 4 is 21.6 Å². The fourth-order valence-corrected chi connectivity index (χ4v) is 5.89. The van der Waals surface area contributed by atoms with Crippen LogP contribution < -0.4 is 4.90 Å². The summed E-state index contributed by atoms with van der Waals surface area (Å²) in [5.41, 5.74) is 2.42. The Hall–Kier alpha value is -2.22. The number of nitrogens with zero attached hydrogens (tertiary/aromatic N) is 3. The number of hydrogen-bond donors (Lipinski definition) is 0. The molecule has 2 aliphatic rings. The van der Waals surface area contributed by atoms with E-state index in [1.54, 1.807) is 9.21 Å². The predicted molar refractivity (Wildman–Crippen MR) is 114 cm³/mol. The van der Waals surface area contributed by atoms with E-state index in [0.717, 1.165) is 16.8 Å². The van der Waals surface area contributed by atoms with Gasteiger partial charge in [0.25, 0.3) is 0 Å². The molecular weight excluding hydrogens is 386 g/mol.